The van der Waals surface area contributed by atoms with E-state index in [1.165, 1.54) is 218 Å². The molecule has 0 spiro atoms. The van der Waals surface area contributed by atoms with Crippen LogP contribution in [0.2, 0.25) is 0 Å². The third-order valence-corrected chi connectivity index (χ3v) is 16.0. The Labute approximate surface area is 496 Å². The van der Waals surface area contributed by atoms with Crippen molar-refractivity contribution < 1.29 is 42.1 Å². The van der Waals surface area contributed by atoms with E-state index in [1.807, 2.05) is 21.1 Å². The fourth-order valence-corrected chi connectivity index (χ4v) is 10.6. The van der Waals surface area contributed by atoms with E-state index in [0.29, 0.717) is 17.4 Å². The third-order valence-electron chi connectivity index (χ3n) is 15.1. The molecular weight excluding hydrogens is 1010 g/mol. The van der Waals surface area contributed by atoms with E-state index in [1.54, 1.807) is 0 Å². The number of hydrogen-bond acceptors (Lipinski definition) is 7. The largest absolute Gasteiger partial charge is 0.472 e. The molecule has 10 heteroatoms. The second-order valence-electron chi connectivity index (χ2n) is 24.2. The third kappa shape index (κ3) is 64.9. The number of nitrogens with zero attached hydrogens (tertiary/aromatic N) is 1. The smallest absolute Gasteiger partial charge is 0.462 e. The molecule has 0 saturated carbocycles. The van der Waals surface area contributed by atoms with E-state index >= 15 is 0 Å². The van der Waals surface area contributed by atoms with Gasteiger partial charge in [0.1, 0.15) is 19.8 Å². The maximum Gasteiger partial charge on any atom is 0.472 e. The van der Waals surface area contributed by atoms with Gasteiger partial charge < -0.3 is 18.9 Å². The van der Waals surface area contributed by atoms with Gasteiger partial charge in [-0.25, -0.2) is 4.57 Å². The van der Waals surface area contributed by atoms with Crippen molar-refractivity contribution in [3.05, 3.63) is 60.8 Å². The van der Waals surface area contributed by atoms with Crippen LogP contribution in [0.3, 0.4) is 0 Å². The number of carbonyl (C=O) groups excluding carboxylic acids is 2. The SMILES string of the molecule is CC/C=C\C/C=C\C/C=C\C/C=C\C/C=C\CCCCCC(=O)OC(COC(=O)CCCCCCCCCCCCCCCCCCCCCCCCCCCCCCCCCCCCCCC)COP(=O)(O)OCC[N+](C)(C)C. The summed E-state index contributed by atoms with van der Waals surface area (Å²) in [7, 11) is 1.46. The van der Waals surface area contributed by atoms with Gasteiger partial charge in [-0.05, 0) is 57.8 Å². The summed E-state index contributed by atoms with van der Waals surface area (Å²) in [5, 5.41) is 0. The van der Waals surface area contributed by atoms with Crippen LogP contribution < -0.4 is 0 Å². The summed E-state index contributed by atoms with van der Waals surface area (Å²) in [5.41, 5.74) is 0. The molecule has 0 heterocycles. The first kappa shape index (κ1) is 77.7. The molecule has 9 nitrogen and oxygen atoms in total. The number of likely N-dealkylation sites (N-methyl/N-ethyl adjacent to an activating group) is 1. The van der Waals surface area contributed by atoms with Crippen molar-refractivity contribution in [2.45, 2.75) is 328 Å². The quantitative estimate of drug-likeness (QED) is 0.0211. The van der Waals surface area contributed by atoms with Crippen molar-refractivity contribution >= 4 is 19.8 Å². The standard InChI is InChI=1S/C70H130NO8P/c1-6-8-10-12-14-16-18-20-22-24-26-27-28-29-30-31-32-33-34-35-36-37-38-39-40-41-42-43-45-46-48-50-52-54-56-58-60-62-69(72)76-66-68(67-78-80(74,75)77-65-64-71(3,4)5)79-70(73)63-61-59-57-55-53-51-49-47-44-25-23-21-19-17-15-13-11-9-7-2/h9,11,15,17,21,23,44,47,51,53,68H,6-8,10,12-14,16,18-20,22,24-43,45-46,48-50,52,54-67H2,1-5H3/p+1/b11-9-,17-15-,23-21-,47-44-,53-51-. The Kier molecular flexibility index (Phi) is 59.5. The number of quaternary nitrogens is 1. The summed E-state index contributed by atoms with van der Waals surface area (Å²) >= 11 is 0. The molecule has 0 amide bonds. The zero-order valence-electron chi connectivity index (χ0n) is 53.3. The van der Waals surface area contributed by atoms with Crippen LogP contribution in [0.5, 0.6) is 0 Å². The number of unbranched alkanes of at least 4 members (excludes halogenated alkanes) is 39. The minimum atomic E-state index is -4.40. The first-order valence-corrected chi connectivity index (χ1v) is 35.5. The number of ether oxygens (including phenoxy) is 2. The van der Waals surface area contributed by atoms with E-state index in [2.05, 4.69) is 74.6 Å². The van der Waals surface area contributed by atoms with Crippen molar-refractivity contribution in [1.82, 2.24) is 0 Å². The Balaban J connectivity index is 3.95. The van der Waals surface area contributed by atoms with Crippen LogP contribution in [0, 0.1) is 0 Å². The van der Waals surface area contributed by atoms with E-state index in [9.17, 15) is 19.0 Å². The minimum Gasteiger partial charge on any atom is -0.462 e. The maximum absolute atomic E-state index is 12.8. The molecule has 2 unspecified atom stereocenters. The highest BCUT2D eigenvalue weighted by molar-refractivity contribution is 7.47. The van der Waals surface area contributed by atoms with Gasteiger partial charge in [-0.15, -0.1) is 0 Å². The average Bonchev–Trinajstić information content (AvgIpc) is 3.42. The lowest BCUT2D eigenvalue weighted by Crippen LogP contribution is -2.37. The molecule has 468 valence electrons. The molecule has 0 rings (SSSR count). The van der Waals surface area contributed by atoms with Crippen LogP contribution in [0.4, 0.5) is 0 Å². The molecule has 0 aromatic heterocycles. The van der Waals surface area contributed by atoms with Gasteiger partial charge in [-0.3, -0.25) is 18.6 Å². The molecule has 2 atom stereocenters. The number of phosphoric ester groups is 1. The topological polar surface area (TPSA) is 108 Å². The number of carbonyl (C=O) groups is 2. The summed E-state index contributed by atoms with van der Waals surface area (Å²) in [6, 6.07) is 0. The molecule has 0 aromatic carbocycles. The van der Waals surface area contributed by atoms with E-state index < -0.39 is 26.5 Å². The van der Waals surface area contributed by atoms with Gasteiger partial charge in [0, 0.05) is 12.8 Å². The molecule has 0 fully saturated rings. The predicted octanol–water partition coefficient (Wildman–Crippen LogP) is 21.8. The lowest BCUT2D eigenvalue weighted by molar-refractivity contribution is -0.870. The van der Waals surface area contributed by atoms with Crippen LogP contribution in [0.15, 0.2) is 60.8 Å². The minimum absolute atomic E-state index is 0.0239. The van der Waals surface area contributed by atoms with E-state index in [4.69, 9.17) is 18.5 Å². The highest BCUT2D eigenvalue weighted by atomic mass is 31.2. The van der Waals surface area contributed by atoms with Gasteiger partial charge in [0.15, 0.2) is 6.10 Å². The van der Waals surface area contributed by atoms with Crippen molar-refractivity contribution in [2.24, 2.45) is 0 Å². The Bertz CT molecular complexity index is 1530. The molecule has 80 heavy (non-hydrogen) atoms. The Morgan fingerprint density at radius 1 is 0.400 bits per heavy atom. The normalized spacial score (nSPS) is 13.5. The van der Waals surface area contributed by atoms with Crippen LogP contribution >= 0.6 is 7.82 Å². The van der Waals surface area contributed by atoms with Crippen LogP contribution in [-0.4, -0.2) is 74.9 Å². The maximum atomic E-state index is 12.8. The Morgan fingerprint density at radius 2 is 0.713 bits per heavy atom. The number of rotatable bonds is 63. The van der Waals surface area contributed by atoms with E-state index in [-0.39, 0.29) is 32.0 Å². The zero-order chi connectivity index (χ0) is 58.4. The first-order valence-electron chi connectivity index (χ1n) is 34.0. The lowest BCUT2D eigenvalue weighted by Gasteiger charge is -2.24. The van der Waals surface area contributed by atoms with Crippen molar-refractivity contribution in [1.29, 1.82) is 0 Å². The second kappa shape index (κ2) is 61.3. The van der Waals surface area contributed by atoms with Gasteiger partial charge in [0.25, 0.3) is 0 Å². The molecule has 1 N–H and O–H groups in total. The highest BCUT2D eigenvalue weighted by Crippen LogP contribution is 2.43. The second-order valence-corrected chi connectivity index (χ2v) is 25.6. The monoisotopic (exact) mass is 1140 g/mol. The van der Waals surface area contributed by atoms with Crippen LogP contribution in [0.25, 0.3) is 0 Å². The van der Waals surface area contributed by atoms with Gasteiger partial charge in [0.2, 0.25) is 0 Å². The summed E-state index contributed by atoms with van der Waals surface area (Å²) in [4.78, 5) is 35.7. The zero-order valence-corrected chi connectivity index (χ0v) is 54.2. The summed E-state index contributed by atoms with van der Waals surface area (Å²) in [6.07, 6.45) is 80.7. The molecule has 0 radical (unpaired) electrons. The van der Waals surface area contributed by atoms with Crippen molar-refractivity contribution in [2.75, 3.05) is 47.5 Å². The average molecular weight is 1150 g/mol. The number of hydrogen-bond donors (Lipinski definition) is 1. The molecule has 0 aromatic rings. The van der Waals surface area contributed by atoms with Gasteiger partial charge >= 0.3 is 19.8 Å². The molecule has 0 bridgehead atoms. The fraction of sp³-hybridized carbons (Fsp3) is 0.829. The molecular formula is C70H131NO8P+. The molecule has 0 aliphatic rings. The Morgan fingerprint density at radius 3 is 1.06 bits per heavy atom. The fourth-order valence-electron chi connectivity index (χ4n) is 9.87. The predicted molar refractivity (Wildman–Crippen MR) is 344 cm³/mol. The summed E-state index contributed by atoms with van der Waals surface area (Å²) in [6.45, 7) is 4.32. The van der Waals surface area contributed by atoms with Crippen molar-refractivity contribution in [3.8, 4) is 0 Å². The number of phosphoric acid groups is 1. The summed E-state index contributed by atoms with van der Waals surface area (Å²) < 4.78 is 34.6. The highest BCUT2D eigenvalue weighted by Gasteiger charge is 2.27. The first-order chi connectivity index (χ1) is 39.0. The molecule has 0 aliphatic carbocycles. The van der Waals surface area contributed by atoms with Gasteiger partial charge in [-0.1, -0.05) is 312 Å². The van der Waals surface area contributed by atoms with Gasteiger partial charge in [0.05, 0.1) is 27.7 Å². The van der Waals surface area contributed by atoms with Crippen LogP contribution in [0.1, 0.15) is 322 Å². The molecule has 0 aliphatic heterocycles. The van der Waals surface area contributed by atoms with Crippen molar-refractivity contribution in [3.63, 3.8) is 0 Å². The van der Waals surface area contributed by atoms with Gasteiger partial charge in [-0.2, -0.15) is 0 Å². The Hall–Kier alpha value is -2.29. The van der Waals surface area contributed by atoms with E-state index in [0.717, 1.165) is 70.6 Å². The lowest BCUT2D eigenvalue weighted by atomic mass is 10.0. The van der Waals surface area contributed by atoms with Crippen LogP contribution in [-0.2, 0) is 32.7 Å². The molecule has 0 saturated heterocycles. The number of allylic oxidation sites excluding steroid dienone is 10. The summed E-state index contributed by atoms with van der Waals surface area (Å²) in [5.74, 6) is -0.825. The number of esters is 2.